The topological polar surface area (TPSA) is 42.1 Å². The molecule has 2 heterocycles. The predicted molar refractivity (Wildman–Crippen MR) is 84.4 cm³/mol. The third-order valence-corrected chi connectivity index (χ3v) is 4.17. The number of para-hydroxylation sites is 1. The lowest BCUT2D eigenvalue weighted by Gasteiger charge is -2.37. The van der Waals surface area contributed by atoms with Crippen LogP contribution in [0.2, 0.25) is 0 Å². The van der Waals surface area contributed by atoms with Crippen molar-refractivity contribution >= 4 is 16.6 Å². The molecular weight excluding hydrogens is 246 g/mol. The lowest BCUT2D eigenvalue weighted by Crippen LogP contribution is -2.39. The van der Waals surface area contributed by atoms with E-state index in [1.54, 1.807) is 0 Å². The van der Waals surface area contributed by atoms with Gasteiger partial charge in [0.1, 0.15) is 0 Å². The molecule has 0 unspecified atom stereocenters. The van der Waals surface area contributed by atoms with Gasteiger partial charge in [0.15, 0.2) is 0 Å². The smallest absolute Gasteiger partial charge is 0.0726 e. The molecule has 1 fully saturated rings. The number of fused-ring (bicyclic) bond motifs is 1. The number of anilines is 1. The van der Waals surface area contributed by atoms with Crippen LogP contribution in [0.1, 0.15) is 32.4 Å². The molecule has 0 atom stereocenters. The van der Waals surface area contributed by atoms with Crippen LogP contribution in [0.15, 0.2) is 30.3 Å². The Morgan fingerprint density at radius 1 is 1.30 bits per heavy atom. The van der Waals surface area contributed by atoms with Gasteiger partial charge in [-0.2, -0.15) is 0 Å². The van der Waals surface area contributed by atoms with Gasteiger partial charge in [-0.05, 0) is 36.9 Å². The van der Waals surface area contributed by atoms with Gasteiger partial charge in [-0.15, -0.1) is 0 Å². The third-order valence-electron chi connectivity index (χ3n) is 4.17. The lowest BCUT2D eigenvalue weighted by molar-refractivity contribution is 0.110. The van der Waals surface area contributed by atoms with E-state index in [2.05, 4.69) is 18.7 Å². The molecule has 1 aromatic carbocycles. The summed E-state index contributed by atoms with van der Waals surface area (Å²) in [7, 11) is 0. The van der Waals surface area contributed by atoms with Gasteiger partial charge in [0.25, 0.3) is 0 Å². The molecule has 3 heteroatoms. The van der Waals surface area contributed by atoms with Crippen LogP contribution >= 0.6 is 0 Å². The predicted octanol–water partition coefficient (Wildman–Crippen LogP) is 3.44. The maximum atomic E-state index is 6.16. The summed E-state index contributed by atoms with van der Waals surface area (Å²) in [5, 5.41) is 1.05. The Bertz CT molecular complexity index is 619. The van der Waals surface area contributed by atoms with E-state index < -0.39 is 0 Å². The van der Waals surface area contributed by atoms with Crippen LogP contribution in [0.4, 0.5) is 5.69 Å². The molecule has 1 aliphatic rings. The van der Waals surface area contributed by atoms with Crippen LogP contribution in [0.3, 0.4) is 0 Å². The molecule has 1 saturated heterocycles. The Morgan fingerprint density at radius 2 is 2.10 bits per heavy atom. The average molecular weight is 269 g/mol. The number of hydrogen-bond acceptors (Lipinski definition) is 3. The highest BCUT2D eigenvalue weighted by atomic mass is 15.1. The van der Waals surface area contributed by atoms with Crippen molar-refractivity contribution in [3.05, 3.63) is 36.0 Å². The summed E-state index contributed by atoms with van der Waals surface area (Å²) in [6.45, 7) is 7.90. The molecule has 20 heavy (non-hydrogen) atoms. The molecule has 0 radical (unpaired) electrons. The zero-order chi connectivity index (χ0) is 14.2. The van der Waals surface area contributed by atoms with Gasteiger partial charge in [0.05, 0.1) is 11.2 Å². The fraction of sp³-hybridized carbons (Fsp3) is 0.471. The number of nitrogens with zero attached hydrogens (tertiary/aromatic N) is 2. The van der Waals surface area contributed by atoms with Crippen LogP contribution in [0.25, 0.3) is 10.9 Å². The molecule has 106 valence electrons. The van der Waals surface area contributed by atoms with Crippen LogP contribution in [0.5, 0.6) is 0 Å². The van der Waals surface area contributed by atoms with E-state index in [1.807, 2.05) is 30.3 Å². The van der Waals surface area contributed by atoms with Gasteiger partial charge in [-0.3, -0.25) is 9.88 Å². The van der Waals surface area contributed by atoms with E-state index in [0.717, 1.165) is 41.9 Å². The standard InChI is InChI=1S/C17H23N3/c1-17(2)8-5-9-20(12-17)11-13-10-15(18)14-6-3-4-7-16(14)19-13/h3-4,6-7,10H,5,8-9,11-12H2,1-2H3,(H2,18,19). The molecular formula is C17H23N3. The normalized spacial score (nSPS) is 19.3. The highest BCUT2D eigenvalue weighted by molar-refractivity contribution is 5.90. The Kier molecular flexibility index (Phi) is 3.38. The van der Waals surface area contributed by atoms with Gasteiger partial charge in [-0.1, -0.05) is 32.0 Å². The molecule has 0 spiro atoms. The Hall–Kier alpha value is -1.61. The first-order valence-electron chi connectivity index (χ1n) is 7.40. The number of aromatic nitrogens is 1. The van der Waals surface area contributed by atoms with Gasteiger partial charge in [0.2, 0.25) is 0 Å². The number of benzene rings is 1. The summed E-state index contributed by atoms with van der Waals surface area (Å²) in [5.74, 6) is 0. The summed E-state index contributed by atoms with van der Waals surface area (Å²) in [5.41, 5.74) is 9.49. The first kappa shape index (κ1) is 13.4. The Morgan fingerprint density at radius 3 is 2.90 bits per heavy atom. The van der Waals surface area contributed by atoms with Crippen molar-refractivity contribution in [3.63, 3.8) is 0 Å². The number of rotatable bonds is 2. The minimum absolute atomic E-state index is 0.417. The van der Waals surface area contributed by atoms with Gasteiger partial charge in [0, 0.05) is 24.2 Å². The van der Waals surface area contributed by atoms with E-state index in [1.165, 1.54) is 12.8 Å². The second-order valence-corrected chi connectivity index (χ2v) is 6.70. The Labute approximate surface area is 120 Å². The van der Waals surface area contributed by atoms with Crippen LogP contribution in [-0.4, -0.2) is 23.0 Å². The van der Waals surface area contributed by atoms with E-state index in [4.69, 9.17) is 10.7 Å². The summed E-state index contributed by atoms with van der Waals surface area (Å²) >= 11 is 0. The molecule has 0 amide bonds. The van der Waals surface area contributed by atoms with E-state index in [0.29, 0.717) is 5.41 Å². The summed E-state index contributed by atoms with van der Waals surface area (Å²) in [6.07, 6.45) is 2.59. The molecule has 0 aliphatic carbocycles. The van der Waals surface area contributed by atoms with E-state index in [9.17, 15) is 0 Å². The molecule has 1 aliphatic heterocycles. The van der Waals surface area contributed by atoms with E-state index in [-0.39, 0.29) is 0 Å². The van der Waals surface area contributed by atoms with Crippen molar-refractivity contribution in [3.8, 4) is 0 Å². The molecule has 3 nitrogen and oxygen atoms in total. The average Bonchev–Trinajstić information content (AvgIpc) is 2.37. The second-order valence-electron chi connectivity index (χ2n) is 6.70. The Balaban J connectivity index is 1.84. The minimum Gasteiger partial charge on any atom is -0.398 e. The molecule has 0 bridgehead atoms. The lowest BCUT2D eigenvalue weighted by atomic mass is 9.84. The van der Waals surface area contributed by atoms with Crippen molar-refractivity contribution in [1.82, 2.24) is 9.88 Å². The summed E-state index contributed by atoms with van der Waals surface area (Å²) in [4.78, 5) is 7.26. The molecule has 2 aromatic rings. The maximum Gasteiger partial charge on any atom is 0.0726 e. The highest BCUT2D eigenvalue weighted by Gasteiger charge is 2.26. The summed E-state index contributed by atoms with van der Waals surface area (Å²) < 4.78 is 0. The van der Waals surface area contributed by atoms with Crippen LogP contribution < -0.4 is 5.73 Å². The van der Waals surface area contributed by atoms with Crippen molar-refractivity contribution < 1.29 is 0 Å². The number of likely N-dealkylation sites (tertiary alicyclic amines) is 1. The summed E-state index contributed by atoms with van der Waals surface area (Å²) in [6, 6.07) is 10.1. The van der Waals surface area contributed by atoms with E-state index >= 15 is 0 Å². The number of piperidine rings is 1. The maximum absolute atomic E-state index is 6.16. The van der Waals surface area contributed by atoms with Crippen molar-refractivity contribution in [2.75, 3.05) is 18.8 Å². The quantitative estimate of drug-likeness (QED) is 0.908. The molecule has 0 saturated carbocycles. The van der Waals surface area contributed by atoms with Crippen LogP contribution in [0, 0.1) is 5.41 Å². The fourth-order valence-electron chi connectivity index (χ4n) is 3.25. The number of pyridine rings is 1. The first-order chi connectivity index (χ1) is 9.53. The van der Waals surface area contributed by atoms with Crippen molar-refractivity contribution in [2.24, 2.45) is 5.41 Å². The van der Waals surface area contributed by atoms with Crippen LogP contribution in [-0.2, 0) is 6.54 Å². The highest BCUT2D eigenvalue weighted by Crippen LogP contribution is 2.29. The minimum atomic E-state index is 0.417. The SMILES string of the molecule is CC1(C)CCCN(Cc2cc(N)c3ccccc3n2)C1. The second kappa shape index (κ2) is 5.06. The monoisotopic (exact) mass is 269 g/mol. The van der Waals surface area contributed by atoms with Gasteiger partial charge < -0.3 is 5.73 Å². The van der Waals surface area contributed by atoms with Crippen molar-refractivity contribution in [1.29, 1.82) is 0 Å². The molecule has 1 aromatic heterocycles. The van der Waals surface area contributed by atoms with Crippen molar-refractivity contribution in [2.45, 2.75) is 33.2 Å². The molecule has 2 N–H and O–H groups in total. The van der Waals surface area contributed by atoms with Gasteiger partial charge in [-0.25, -0.2) is 0 Å². The van der Waals surface area contributed by atoms with Gasteiger partial charge >= 0.3 is 0 Å². The number of nitrogen functional groups attached to an aromatic ring is 1. The zero-order valence-electron chi connectivity index (χ0n) is 12.4. The number of hydrogen-bond donors (Lipinski definition) is 1. The molecule has 3 rings (SSSR count). The number of nitrogens with two attached hydrogens (primary N) is 1. The largest absolute Gasteiger partial charge is 0.398 e. The zero-order valence-corrected chi connectivity index (χ0v) is 12.4. The third kappa shape index (κ3) is 2.78. The fourth-order valence-corrected chi connectivity index (χ4v) is 3.25. The first-order valence-corrected chi connectivity index (χ1v) is 7.40.